The third kappa shape index (κ3) is 3.69. The number of nitro groups is 1. The average molecular weight is 316 g/mol. The maximum atomic E-state index is 12.2. The van der Waals surface area contributed by atoms with Gasteiger partial charge in [0.15, 0.2) is 5.75 Å². The van der Waals surface area contributed by atoms with Gasteiger partial charge in [-0.05, 0) is 31.9 Å². The topological polar surface area (TPSA) is 119 Å². The number of benzene rings is 1. The van der Waals surface area contributed by atoms with Gasteiger partial charge in [0.05, 0.1) is 15.9 Å². The molecule has 0 aliphatic carbocycles. The van der Waals surface area contributed by atoms with Gasteiger partial charge in [-0.3, -0.25) is 10.1 Å². The molecule has 0 aromatic heterocycles. The van der Waals surface area contributed by atoms with Crippen LogP contribution < -0.4 is 4.72 Å². The van der Waals surface area contributed by atoms with Gasteiger partial charge in [-0.2, -0.15) is 0 Å². The Morgan fingerprint density at radius 2 is 2.19 bits per heavy atom. The zero-order valence-corrected chi connectivity index (χ0v) is 12.2. The molecule has 116 valence electrons. The van der Waals surface area contributed by atoms with Crippen molar-refractivity contribution in [2.75, 3.05) is 6.61 Å². The molecule has 0 saturated carbocycles. The van der Waals surface area contributed by atoms with Crippen molar-refractivity contribution in [3.8, 4) is 5.75 Å². The first-order valence-corrected chi connectivity index (χ1v) is 7.89. The largest absolute Gasteiger partial charge is 0.502 e. The molecule has 0 bridgehead atoms. The predicted octanol–water partition coefficient (Wildman–Crippen LogP) is 1.15. The molecular weight excluding hydrogens is 300 g/mol. The van der Waals surface area contributed by atoms with Crippen molar-refractivity contribution in [1.82, 2.24) is 4.72 Å². The van der Waals surface area contributed by atoms with Crippen LogP contribution in [0.5, 0.6) is 5.75 Å². The van der Waals surface area contributed by atoms with Crippen molar-refractivity contribution in [1.29, 1.82) is 0 Å². The summed E-state index contributed by atoms with van der Waals surface area (Å²) in [5, 5.41) is 20.1. The Morgan fingerprint density at radius 3 is 2.81 bits per heavy atom. The van der Waals surface area contributed by atoms with Gasteiger partial charge in [-0.25, -0.2) is 13.1 Å². The van der Waals surface area contributed by atoms with E-state index in [1.165, 1.54) is 0 Å². The number of aromatic hydroxyl groups is 1. The second-order valence-electron chi connectivity index (χ2n) is 4.93. The Bertz CT molecular complexity index is 645. The number of hydrogen-bond acceptors (Lipinski definition) is 6. The van der Waals surface area contributed by atoms with Gasteiger partial charge in [-0.1, -0.05) is 0 Å². The zero-order chi connectivity index (χ0) is 15.6. The number of phenolic OH excluding ortho intramolecular Hbond substituents is 1. The summed E-state index contributed by atoms with van der Waals surface area (Å²) in [6.45, 7) is 2.32. The number of nitrogens with one attached hydrogen (secondary N) is 1. The van der Waals surface area contributed by atoms with Crippen LogP contribution in [0.4, 0.5) is 5.69 Å². The smallest absolute Gasteiger partial charge is 0.312 e. The zero-order valence-electron chi connectivity index (χ0n) is 11.4. The lowest BCUT2D eigenvalue weighted by molar-refractivity contribution is -0.386. The van der Waals surface area contributed by atoms with Crippen LogP contribution in [0.25, 0.3) is 0 Å². The molecule has 1 fully saturated rings. The third-order valence-electron chi connectivity index (χ3n) is 3.26. The molecule has 0 radical (unpaired) electrons. The predicted molar refractivity (Wildman–Crippen MR) is 73.5 cm³/mol. The SMILES string of the molecule is CC1CC(NS(=O)(=O)c2ccc(O)c([N+](=O)[O-])c2)CCO1. The van der Waals surface area contributed by atoms with Crippen molar-refractivity contribution in [2.45, 2.75) is 36.8 Å². The molecular formula is C12H16N2O6S. The van der Waals surface area contributed by atoms with E-state index in [4.69, 9.17) is 4.74 Å². The normalized spacial score (nSPS) is 22.9. The van der Waals surface area contributed by atoms with Crippen LogP contribution in [-0.2, 0) is 14.8 Å². The maximum Gasteiger partial charge on any atom is 0.312 e. The lowest BCUT2D eigenvalue weighted by atomic mass is 10.1. The van der Waals surface area contributed by atoms with Crippen LogP contribution >= 0.6 is 0 Å². The molecule has 0 amide bonds. The van der Waals surface area contributed by atoms with Gasteiger partial charge in [0, 0.05) is 18.7 Å². The van der Waals surface area contributed by atoms with E-state index in [0.717, 1.165) is 18.2 Å². The maximum absolute atomic E-state index is 12.2. The van der Waals surface area contributed by atoms with Crippen molar-refractivity contribution in [2.24, 2.45) is 0 Å². The number of sulfonamides is 1. The lowest BCUT2D eigenvalue weighted by Gasteiger charge is -2.27. The standard InChI is InChI=1S/C12H16N2O6S/c1-8-6-9(4-5-20-8)13-21(18,19)10-2-3-12(15)11(7-10)14(16)17/h2-3,7-9,13,15H,4-6H2,1H3. The summed E-state index contributed by atoms with van der Waals surface area (Å²) in [7, 11) is -3.88. The number of phenols is 1. The van der Waals surface area contributed by atoms with Gasteiger partial charge in [0.25, 0.3) is 0 Å². The molecule has 1 aromatic rings. The summed E-state index contributed by atoms with van der Waals surface area (Å²) in [4.78, 5) is 9.67. The second kappa shape index (κ2) is 5.96. The van der Waals surface area contributed by atoms with E-state index in [0.29, 0.717) is 19.4 Å². The molecule has 1 aliphatic rings. The van der Waals surface area contributed by atoms with E-state index >= 15 is 0 Å². The lowest BCUT2D eigenvalue weighted by Crippen LogP contribution is -2.41. The van der Waals surface area contributed by atoms with E-state index in [-0.39, 0.29) is 17.0 Å². The first-order valence-electron chi connectivity index (χ1n) is 6.41. The molecule has 8 nitrogen and oxygen atoms in total. The minimum absolute atomic E-state index is 0.0411. The highest BCUT2D eigenvalue weighted by Crippen LogP contribution is 2.28. The summed E-state index contributed by atoms with van der Waals surface area (Å²) in [6, 6.07) is 2.71. The molecule has 9 heteroatoms. The van der Waals surface area contributed by atoms with Crippen LogP contribution in [0.3, 0.4) is 0 Å². The van der Waals surface area contributed by atoms with Crippen molar-refractivity contribution < 1.29 is 23.2 Å². The van der Waals surface area contributed by atoms with Crippen LogP contribution in [0.1, 0.15) is 19.8 Å². The first-order chi connectivity index (χ1) is 9.79. The molecule has 1 aromatic carbocycles. The quantitative estimate of drug-likeness (QED) is 0.635. The monoisotopic (exact) mass is 316 g/mol. The number of nitro benzene ring substituents is 1. The van der Waals surface area contributed by atoms with Crippen molar-refractivity contribution in [3.05, 3.63) is 28.3 Å². The summed E-state index contributed by atoms with van der Waals surface area (Å²) >= 11 is 0. The first kappa shape index (κ1) is 15.7. The molecule has 0 spiro atoms. The van der Waals surface area contributed by atoms with Crippen LogP contribution in [0.15, 0.2) is 23.1 Å². The Hall–Kier alpha value is -1.71. The molecule has 2 N–H and O–H groups in total. The molecule has 1 saturated heterocycles. The Morgan fingerprint density at radius 1 is 1.48 bits per heavy atom. The fraction of sp³-hybridized carbons (Fsp3) is 0.500. The van der Waals surface area contributed by atoms with E-state index in [9.17, 15) is 23.6 Å². The Kier molecular flexibility index (Phi) is 4.45. The Labute approximate surface area is 121 Å². The molecule has 2 unspecified atom stereocenters. The third-order valence-corrected chi connectivity index (χ3v) is 4.78. The van der Waals surface area contributed by atoms with Crippen LogP contribution in [-0.4, -0.2) is 37.2 Å². The highest BCUT2D eigenvalue weighted by molar-refractivity contribution is 7.89. The molecule has 1 aliphatic heterocycles. The average Bonchev–Trinajstić information content (AvgIpc) is 2.38. The molecule has 1 heterocycles. The minimum atomic E-state index is -3.88. The van der Waals surface area contributed by atoms with E-state index < -0.39 is 26.4 Å². The van der Waals surface area contributed by atoms with E-state index in [1.54, 1.807) is 0 Å². The van der Waals surface area contributed by atoms with Gasteiger partial charge in [0.2, 0.25) is 10.0 Å². The molecule has 21 heavy (non-hydrogen) atoms. The highest BCUT2D eigenvalue weighted by atomic mass is 32.2. The van der Waals surface area contributed by atoms with Crippen molar-refractivity contribution >= 4 is 15.7 Å². The summed E-state index contributed by atoms with van der Waals surface area (Å²) in [6.07, 6.45) is 1.05. The minimum Gasteiger partial charge on any atom is -0.502 e. The number of hydrogen-bond donors (Lipinski definition) is 2. The molecule has 2 atom stereocenters. The Balaban J connectivity index is 2.23. The van der Waals surface area contributed by atoms with Gasteiger partial charge in [0.1, 0.15) is 0 Å². The van der Waals surface area contributed by atoms with Gasteiger partial charge < -0.3 is 9.84 Å². The highest BCUT2D eigenvalue weighted by Gasteiger charge is 2.27. The summed E-state index contributed by atoms with van der Waals surface area (Å²) < 4.78 is 32.3. The van der Waals surface area contributed by atoms with Gasteiger partial charge in [-0.15, -0.1) is 0 Å². The van der Waals surface area contributed by atoms with E-state index in [1.807, 2.05) is 6.92 Å². The van der Waals surface area contributed by atoms with Crippen molar-refractivity contribution in [3.63, 3.8) is 0 Å². The number of nitrogens with zero attached hydrogens (tertiary/aromatic N) is 1. The second-order valence-corrected chi connectivity index (χ2v) is 6.65. The fourth-order valence-electron chi connectivity index (χ4n) is 2.21. The molecule has 2 rings (SSSR count). The van der Waals surface area contributed by atoms with E-state index in [2.05, 4.69) is 4.72 Å². The summed E-state index contributed by atoms with van der Waals surface area (Å²) in [5.74, 6) is -0.571. The van der Waals surface area contributed by atoms with Crippen LogP contribution in [0, 0.1) is 10.1 Å². The van der Waals surface area contributed by atoms with Gasteiger partial charge >= 0.3 is 5.69 Å². The summed E-state index contributed by atoms with van der Waals surface area (Å²) in [5.41, 5.74) is -0.641. The van der Waals surface area contributed by atoms with Crippen LogP contribution in [0.2, 0.25) is 0 Å². The fourth-order valence-corrected chi connectivity index (χ4v) is 3.51. The number of rotatable bonds is 4. The number of ether oxygens (including phenoxy) is 1.